The smallest absolute Gasteiger partial charge is 0.0834 e. The average Bonchev–Trinajstić information content (AvgIpc) is 2.90. The van der Waals surface area contributed by atoms with E-state index in [-0.39, 0.29) is 6.04 Å². The fraction of sp³-hybridized carbons (Fsp3) is 0.800. The van der Waals surface area contributed by atoms with Crippen LogP contribution in [0.15, 0.2) is 6.20 Å². The highest BCUT2D eigenvalue weighted by atomic mass is 35.5. The molecular formula is C15H26ClN5. The van der Waals surface area contributed by atoms with E-state index in [0.29, 0.717) is 6.04 Å². The first-order valence-corrected chi connectivity index (χ1v) is 8.53. The topological polar surface area (TPSA) is 36.3 Å². The molecule has 4 heterocycles. The van der Waals surface area contributed by atoms with E-state index in [2.05, 4.69) is 34.1 Å². The molecular weight excluding hydrogens is 286 g/mol. The number of halogens is 1. The summed E-state index contributed by atoms with van der Waals surface area (Å²) in [5, 5.41) is 8.96. The molecule has 0 amide bonds. The molecule has 0 saturated carbocycles. The number of hydrogen-bond donors (Lipinski definition) is 1. The molecule has 3 saturated heterocycles. The van der Waals surface area contributed by atoms with Crippen molar-refractivity contribution in [3.8, 4) is 0 Å². The number of nitrogens with zero attached hydrogens (tertiary/aromatic N) is 4. The number of nitrogens with one attached hydrogen (secondary N) is 1. The lowest BCUT2D eigenvalue weighted by molar-refractivity contribution is -0.00491. The van der Waals surface area contributed by atoms with Crippen LogP contribution in [0.5, 0.6) is 0 Å². The zero-order valence-electron chi connectivity index (χ0n) is 13.1. The third-order valence-corrected chi connectivity index (χ3v) is 5.04. The Hall–Kier alpha value is -0.620. The lowest BCUT2D eigenvalue weighted by Gasteiger charge is -2.50. The van der Waals surface area contributed by atoms with E-state index in [9.17, 15) is 0 Å². The molecule has 0 aliphatic carbocycles. The fourth-order valence-corrected chi connectivity index (χ4v) is 3.88. The Morgan fingerprint density at radius 1 is 1.33 bits per heavy atom. The largest absolute Gasteiger partial charge is 0.307 e. The summed E-state index contributed by atoms with van der Waals surface area (Å²) in [6.45, 7) is 12.1. The van der Waals surface area contributed by atoms with Crippen molar-refractivity contribution < 1.29 is 0 Å². The fourth-order valence-electron chi connectivity index (χ4n) is 3.62. The molecule has 118 valence electrons. The molecule has 1 aromatic rings. The molecule has 21 heavy (non-hydrogen) atoms. The highest BCUT2D eigenvalue weighted by molar-refractivity contribution is 6.31. The molecule has 6 heteroatoms. The van der Waals surface area contributed by atoms with Crippen molar-refractivity contribution in [2.75, 3.05) is 39.3 Å². The van der Waals surface area contributed by atoms with Crippen LogP contribution in [-0.4, -0.2) is 64.9 Å². The van der Waals surface area contributed by atoms with Crippen LogP contribution in [-0.2, 0) is 6.54 Å². The predicted octanol–water partition coefficient (Wildman–Crippen LogP) is 1.60. The summed E-state index contributed by atoms with van der Waals surface area (Å²) in [5.41, 5.74) is 1.16. The Morgan fingerprint density at radius 3 is 2.67 bits per heavy atom. The van der Waals surface area contributed by atoms with Gasteiger partial charge in [0.1, 0.15) is 0 Å². The zero-order chi connectivity index (χ0) is 14.8. The first-order valence-electron chi connectivity index (χ1n) is 8.15. The van der Waals surface area contributed by atoms with Crippen LogP contribution in [0.2, 0.25) is 5.02 Å². The maximum atomic E-state index is 6.46. The minimum absolute atomic E-state index is 0.267. The summed E-state index contributed by atoms with van der Waals surface area (Å²) in [7, 11) is 0. The molecule has 0 aromatic carbocycles. The van der Waals surface area contributed by atoms with E-state index in [1.165, 1.54) is 26.2 Å². The van der Waals surface area contributed by atoms with Crippen LogP contribution in [0.3, 0.4) is 0 Å². The van der Waals surface area contributed by atoms with E-state index in [1.54, 1.807) is 6.20 Å². The number of fused-ring (bicyclic) bond motifs is 3. The molecule has 2 atom stereocenters. The quantitative estimate of drug-likeness (QED) is 0.866. The van der Waals surface area contributed by atoms with Gasteiger partial charge in [0.15, 0.2) is 0 Å². The van der Waals surface area contributed by atoms with Gasteiger partial charge in [0, 0.05) is 45.3 Å². The van der Waals surface area contributed by atoms with Crippen LogP contribution < -0.4 is 5.32 Å². The zero-order valence-corrected chi connectivity index (χ0v) is 13.8. The highest BCUT2D eigenvalue weighted by Crippen LogP contribution is 2.31. The van der Waals surface area contributed by atoms with Gasteiger partial charge in [-0.25, -0.2) is 0 Å². The number of rotatable bonds is 6. The molecule has 0 spiro atoms. The van der Waals surface area contributed by atoms with Crippen molar-refractivity contribution in [1.29, 1.82) is 0 Å². The summed E-state index contributed by atoms with van der Waals surface area (Å²) in [6.07, 6.45) is 2.92. The van der Waals surface area contributed by atoms with Crippen LogP contribution in [0, 0.1) is 0 Å². The minimum atomic E-state index is 0.267. The Morgan fingerprint density at radius 2 is 2.10 bits per heavy atom. The highest BCUT2D eigenvalue weighted by Gasteiger charge is 2.39. The average molecular weight is 312 g/mol. The number of hydrogen-bond acceptors (Lipinski definition) is 4. The molecule has 1 aromatic heterocycles. The summed E-state index contributed by atoms with van der Waals surface area (Å²) in [4.78, 5) is 5.20. The molecule has 3 aliphatic heterocycles. The van der Waals surface area contributed by atoms with Crippen molar-refractivity contribution in [3.63, 3.8) is 0 Å². The van der Waals surface area contributed by atoms with Crippen molar-refractivity contribution in [2.45, 2.75) is 38.9 Å². The van der Waals surface area contributed by atoms with Gasteiger partial charge in [-0.1, -0.05) is 18.5 Å². The van der Waals surface area contributed by atoms with E-state index in [0.717, 1.165) is 36.8 Å². The molecule has 4 rings (SSSR count). The van der Waals surface area contributed by atoms with Gasteiger partial charge >= 0.3 is 0 Å². The second-order valence-corrected chi connectivity index (χ2v) is 6.44. The summed E-state index contributed by atoms with van der Waals surface area (Å²) < 4.78 is 2.05. The van der Waals surface area contributed by atoms with Crippen molar-refractivity contribution >= 4 is 11.6 Å². The predicted molar refractivity (Wildman–Crippen MR) is 85.7 cm³/mol. The summed E-state index contributed by atoms with van der Waals surface area (Å²) in [6, 6.07) is 0.765. The van der Waals surface area contributed by atoms with Gasteiger partial charge in [0.05, 0.1) is 23.0 Å². The lowest BCUT2D eigenvalue weighted by atomic mass is 9.97. The molecule has 3 aliphatic rings. The van der Waals surface area contributed by atoms with Crippen LogP contribution in [0.4, 0.5) is 0 Å². The maximum absolute atomic E-state index is 6.46. The Bertz CT molecular complexity index is 467. The second-order valence-electron chi connectivity index (χ2n) is 6.03. The first-order chi connectivity index (χ1) is 10.2. The maximum Gasteiger partial charge on any atom is 0.0834 e. The second kappa shape index (κ2) is 6.65. The third kappa shape index (κ3) is 2.97. The molecule has 2 unspecified atom stereocenters. The Balaban J connectivity index is 1.88. The molecule has 0 radical (unpaired) electrons. The van der Waals surface area contributed by atoms with Gasteiger partial charge in [-0.15, -0.1) is 0 Å². The minimum Gasteiger partial charge on any atom is -0.307 e. The molecule has 3 fully saturated rings. The SMILES string of the molecule is CCCNC(c1c(Cl)cnn1CC)C1CN2CCN1CC2. The van der Waals surface area contributed by atoms with Gasteiger partial charge in [-0.3, -0.25) is 14.5 Å². The summed E-state index contributed by atoms with van der Waals surface area (Å²) >= 11 is 6.46. The van der Waals surface area contributed by atoms with Gasteiger partial charge < -0.3 is 5.32 Å². The van der Waals surface area contributed by atoms with Crippen LogP contribution >= 0.6 is 11.6 Å². The van der Waals surface area contributed by atoms with Gasteiger partial charge in [-0.2, -0.15) is 5.10 Å². The number of aryl methyl sites for hydroxylation is 1. The van der Waals surface area contributed by atoms with E-state index in [1.807, 2.05) is 4.68 Å². The van der Waals surface area contributed by atoms with Crippen molar-refractivity contribution in [1.82, 2.24) is 24.9 Å². The van der Waals surface area contributed by atoms with Crippen LogP contribution in [0.1, 0.15) is 32.0 Å². The van der Waals surface area contributed by atoms with E-state index >= 15 is 0 Å². The molecule has 5 nitrogen and oxygen atoms in total. The van der Waals surface area contributed by atoms with Crippen molar-refractivity contribution in [2.24, 2.45) is 0 Å². The molecule has 1 N–H and O–H groups in total. The van der Waals surface area contributed by atoms with E-state index < -0.39 is 0 Å². The normalized spacial score (nSPS) is 29.8. The Labute approximate surface area is 132 Å². The Kier molecular flexibility index (Phi) is 4.84. The summed E-state index contributed by atoms with van der Waals surface area (Å²) in [5.74, 6) is 0. The monoisotopic (exact) mass is 311 g/mol. The number of aromatic nitrogens is 2. The number of piperazine rings is 3. The third-order valence-electron chi connectivity index (χ3n) is 4.75. The van der Waals surface area contributed by atoms with Gasteiger partial charge in [-0.05, 0) is 19.9 Å². The first kappa shape index (κ1) is 15.3. The van der Waals surface area contributed by atoms with Crippen LogP contribution in [0.25, 0.3) is 0 Å². The lowest BCUT2D eigenvalue weighted by Crippen LogP contribution is -2.64. The standard InChI is InChI=1S/C15H26ClN5/c1-3-5-17-14(15-12(16)10-18-21(15)4-2)13-11-19-6-8-20(13)9-7-19/h10,13-14,17H,3-9,11H2,1-2H3. The van der Waals surface area contributed by atoms with Gasteiger partial charge in [0.25, 0.3) is 0 Å². The van der Waals surface area contributed by atoms with E-state index in [4.69, 9.17) is 11.6 Å². The van der Waals surface area contributed by atoms with Crippen molar-refractivity contribution in [3.05, 3.63) is 16.9 Å². The molecule has 2 bridgehead atoms. The van der Waals surface area contributed by atoms with Gasteiger partial charge in [0.2, 0.25) is 0 Å².